The molecule has 1 rings (SSSR count). The summed E-state index contributed by atoms with van der Waals surface area (Å²) in [4.78, 5) is 14.3. The predicted octanol–water partition coefficient (Wildman–Crippen LogP) is 0.547. The molecule has 0 bridgehead atoms. The maximum atomic E-state index is 10.5. The zero-order chi connectivity index (χ0) is 9.14. The molecule has 1 aromatic heterocycles. The Bertz CT molecular complexity index is 310. The highest BCUT2D eigenvalue weighted by atomic mass is 16.4. The summed E-state index contributed by atoms with van der Waals surface area (Å²) in [6.45, 7) is 2.09. The van der Waals surface area contributed by atoms with Crippen LogP contribution in [0.5, 0.6) is 0 Å². The second-order valence-electron chi connectivity index (χ2n) is 2.52. The normalized spacial score (nSPS) is 9.83. The molecule has 64 valence electrons. The van der Waals surface area contributed by atoms with Crippen molar-refractivity contribution in [2.45, 2.75) is 13.5 Å². The maximum absolute atomic E-state index is 10.5. The van der Waals surface area contributed by atoms with Gasteiger partial charge in [0.15, 0.2) is 5.69 Å². The lowest BCUT2D eigenvalue weighted by atomic mass is 10.1. The number of rotatable bonds is 2. The standard InChI is InChI=1S/C8H10N2O2/c1-5-2-6(3-9)4-10-7(5)8(11)12/h2,4H,3,9H2,1H3,(H,11,12). The first kappa shape index (κ1) is 8.67. The molecule has 0 atom stereocenters. The molecule has 0 aliphatic carbocycles. The Labute approximate surface area is 70.0 Å². The van der Waals surface area contributed by atoms with E-state index in [9.17, 15) is 4.79 Å². The van der Waals surface area contributed by atoms with Gasteiger partial charge in [0.05, 0.1) is 0 Å². The summed E-state index contributed by atoms with van der Waals surface area (Å²) in [6, 6.07) is 1.73. The summed E-state index contributed by atoms with van der Waals surface area (Å²) in [7, 11) is 0. The number of aromatic nitrogens is 1. The van der Waals surface area contributed by atoms with E-state index in [4.69, 9.17) is 10.8 Å². The van der Waals surface area contributed by atoms with Gasteiger partial charge in [-0.05, 0) is 18.1 Å². The van der Waals surface area contributed by atoms with E-state index in [0.717, 1.165) is 5.56 Å². The molecule has 0 saturated heterocycles. The molecule has 0 aliphatic rings. The molecule has 4 nitrogen and oxygen atoms in total. The van der Waals surface area contributed by atoms with Crippen molar-refractivity contribution in [3.63, 3.8) is 0 Å². The Morgan fingerprint density at radius 1 is 1.75 bits per heavy atom. The SMILES string of the molecule is Cc1cc(CN)cnc1C(=O)O. The van der Waals surface area contributed by atoms with Crippen LogP contribution in [0.1, 0.15) is 21.6 Å². The van der Waals surface area contributed by atoms with Gasteiger partial charge in [0, 0.05) is 12.7 Å². The van der Waals surface area contributed by atoms with Gasteiger partial charge in [-0.15, -0.1) is 0 Å². The van der Waals surface area contributed by atoms with Crippen molar-refractivity contribution < 1.29 is 9.90 Å². The van der Waals surface area contributed by atoms with Crippen LogP contribution in [0.2, 0.25) is 0 Å². The minimum atomic E-state index is -1.00. The lowest BCUT2D eigenvalue weighted by molar-refractivity contribution is 0.0689. The maximum Gasteiger partial charge on any atom is 0.354 e. The molecule has 12 heavy (non-hydrogen) atoms. The predicted molar refractivity (Wildman–Crippen MR) is 43.8 cm³/mol. The molecule has 0 fully saturated rings. The smallest absolute Gasteiger partial charge is 0.354 e. The topological polar surface area (TPSA) is 76.2 Å². The van der Waals surface area contributed by atoms with Crippen LogP contribution in [0, 0.1) is 6.92 Å². The van der Waals surface area contributed by atoms with Crippen LogP contribution in [0.25, 0.3) is 0 Å². The van der Waals surface area contributed by atoms with Crippen LogP contribution in [0.4, 0.5) is 0 Å². The first-order valence-electron chi connectivity index (χ1n) is 3.54. The molecular formula is C8H10N2O2. The van der Waals surface area contributed by atoms with Gasteiger partial charge in [-0.2, -0.15) is 0 Å². The summed E-state index contributed by atoms with van der Waals surface area (Å²) in [6.07, 6.45) is 1.48. The van der Waals surface area contributed by atoms with Crippen LogP contribution in [0.3, 0.4) is 0 Å². The second-order valence-corrected chi connectivity index (χ2v) is 2.52. The summed E-state index contributed by atoms with van der Waals surface area (Å²) in [5.41, 5.74) is 6.94. The number of hydrogen-bond donors (Lipinski definition) is 2. The number of nitrogens with zero attached hydrogens (tertiary/aromatic N) is 1. The number of hydrogen-bond acceptors (Lipinski definition) is 3. The lowest BCUT2D eigenvalue weighted by Crippen LogP contribution is -2.05. The van der Waals surface area contributed by atoms with E-state index in [1.165, 1.54) is 6.20 Å². The zero-order valence-corrected chi connectivity index (χ0v) is 6.74. The fourth-order valence-electron chi connectivity index (χ4n) is 0.969. The van der Waals surface area contributed by atoms with E-state index >= 15 is 0 Å². The molecule has 4 heteroatoms. The molecular weight excluding hydrogens is 156 g/mol. The molecule has 3 N–H and O–H groups in total. The molecule has 0 amide bonds. The third kappa shape index (κ3) is 1.60. The van der Waals surface area contributed by atoms with Crippen molar-refractivity contribution in [3.05, 3.63) is 29.1 Å². The summed E-state index contributed by atoms with van der Waals surface area (Å²) in [5.74, 6) is -1.00. The minimum absolute atomic E-state index is 0.0900. The Hall–Kier alpha value is -1.42. The fraction of sp³-hybridized carbons (Fsp3) is 0.250. The minimum Gasteiger partial charge on any atom is -0.477 e. The second kappa shape index (κ2) is 3.32. The number of aromatic carboxylic acids is 1. The van der Waals surface area contributed by atoms with Crippen molar-refractivity contribution in [1.82, 2.24) is 4.98 Å². The number of carboxylic acid groups (broad SMARTS) is 1. The van der Waals surface area contributed by atoms with Crippen molar-refractivity contribution in [2.24, 2.45) is 5.73 Å². The molecule has 0 unspecified atom stereocenters. The van der Waals surface area contributed by atoms with Crippen molar-refractivity contribution >= 4 is 5.97 Å². The van der Waals surface area contributed by atoms with E-state index < -0.39 is 5.97 Å². The highest BCUT2D eigenvalue weighted by molar-refractivity contribution is 5.86. The van der Waals surface area contributed by atoms with Gasteiger partial charge in [-0.25, -0.2) is 9.78 Å². The van der Waals surface area contributed by atoms with E-state index in [1.807, 2.05) is 0 Å². The highest BCUT2D eigenvalue weighted by Gasteiger charge is 2.07. The van der Waals surface area contributed by atoms with Crippen LogP contribution < -0.4 is 5.73 Å². The van der Waals surface area contributed by atoms with E-state index in [1.54, 1.807) is 13.0 Å². The van der Waals surface area contributed by atoms with Gasteiger partial charge in [0.1, 0.15) is 0 Å². The van der Waals surface area contributed by atoms with Crippen LogP contribution in [-0.2, 0) is 6.54 Å². The number of aryl methyl sites for hydroxylation is 1. The van der Waals surface area contributed by atoms with Gasteiger partial charge >= 0.3 is 5.97 Å². The van der Waals surface area contributed by atoms with E-state index in [0.29, 0.717) is 12.1 Å². The summed E-state index contributed by atoms with van der Waals surface area (Å²) >= 11 is 0. The first-order valence-corrected chi connectivity index (χ1v) is 3.54. The summed E-state index contributed by atoms with van der Waals surface area (Å²) in [5, 5.41) is 8.64. The molecule has 0 aliphatic heterocycles. The van der Waals surface area contributed by atoms with E-state index in [2.05, 4.69) is 4.98 Å². The number of nitrogens with two attached hydrogens (primary N) is 1. The van der Waals surface area contributed by atoms with Gasteiger partial charge < -0.3 is 10.8 Å². The molecule has 0 spiro atoms. The molecule has 1 heterocycles. The Balaban J connectivity index is 3.12. The summed E-state index contributed by atoms with van der Waals surface area (Å²) < 4.78 is 0. The number of carboxylic acids is 1. The van der Waals surface area contributed by atoms with Crippen LogP contribution in [-0.4, -0.2) is 16.1 Å². The van der Waals surface area contributed by atoms with Gasteiger partial charge in [-0.1, -0.05) is 6.07 Å². The molecule has 1 aromatic rings. The molecule has 0 saturated carbocycles. The Kier molecular flexibility index (Phi) is 2.40. The first-order chi connectivity index (χ1) is 5.65. The van der Waals surface area contributed by atoms with Gasteiger partial charge in [0.25, 0.3) is 0 Å². The largest absolute Gasteiger partial charge is 0.477 e. The Morgan fingerprint density at radius 2 is 2.42 bits per heavy atom. The lowest BCUT2D eigenvalue weighted by Gasteiger charge is -2.01. The van der Waals surface area contributed by atoms with Crippen molar-refractivity contribution in [3.8, 4) is 0 Å². The monoisotopic (exact) mass is 166 g/mol. The van der Waals surface area contributed by atoms with E-state index in [-0.39, 0.29) is 5.69 Å². The third-order valence-electron chi connectivity index (χ3n) is 1.57. The van der Waals surface area contributed by atoms with Crippen molar-refractivity contribution in [2.75, 3.05) is 0 Å². The average molecular weight is 166 g/mol. The molecule has 0 radical (unpaired) electrons. The fourth-order valence-corrected chi connectivity index (χ4v) is 0.969. The third-order valence-corrected chi connectivity index (χ3v) is 1.57. The van der Waals surface area contributed by atoms with Gasteiger partial charge in [-0.3, -0.25) is 0 Å². The zero-order valence-electron chi connectivity index (χ0n) is 6.74. The molecule has 0 aromatic carbocycles. The van der Waals surface area contributed by atoms with Crippen molar-refractivity contribution in [1.29, 1.82) is 0 Å². The highest BCUT2D eigenvalue weighted by Crippen LogP contribution is 2.06. The average Bonchev–Trinajstić information content (AvgIpc) is 2.03. The van der Waals surface area contributed by atoms with Gasteiger partial charge in [0.2, 0.25) is 0 Å². The number of pyridine rings is 1. The number of carbonyl (C=O) groups is 1. The Morgan fingerprint density at radius 3 is 2.83 bits per heavy atom. The quantitative estimate of drug-likeness (QED) is 0.672. The van der Waals surface area contributed by atoms with Crippen LogP contribution in [0.15, 0.2) is 12.3 Å². The van der Waals surface area contributed by atoms with Crippen LogP contribution >= 0.6 is 0 Å².